The number of rotatable bonds is 6. The van der Waals surface area contributed by atoms with Crippen LogP contribution in [0.25, 0.3) is 0 Å². The highest BCUT2D eigenvalue weighted by Crippen LogP contribution is 2.26. The molecule has 0 aliphatic heterocycles. The molecule has 0 aliphatic rings. The van der Waals surface area contributed by atoms with Crippen LogP contribution in [-0.4, -0.2) is 23.2 Å². The lowest BCUT2D eigenvalue weighted by Crippen LogP contribution is -2.34. The molecule has 1 aromatic rings. The van der Waals surface area contributed by atoms with Crippen molar-refractivity contribution in [3.8, 4) is 5.75 Å². The third-order valence-corrected chi connectivity index (χ3v) is 2.36. The van der Waals surface area contributed by atoms with E-state index in [4.69, 9.17) is 10.5 Å². The summed E-state index contributed by atoms with van der Waals surface area (Å²) >= 11 is 0. The van der Waals surface area contributed by atoms with Crippen LogP contribution >= 0.6 is 0 Å². The van der Waals surface area contributed by atoms with Gasteiger partial charge in [-0.05, 0) is 52.8 Å². The Morgan fingerprint density at radius 3 is 2.76 bits per heavy atom. The normalized spacial score (nSPS) is 11.6. The highest BCUT2D eigenvalue weighted by atomic mass is 16.5. The average molecular weight is 237 g/mol. The van der Waals surface area contributed by atoms with Gasteiger partial charge in [-0.3, -0.25) is 0 Å². The molecule has 0 fully saturated rings. The quantitative estimate of drug-likeness (QED) is 0.797. The van der Waals surface area contributed by atoms with E-state index in [0.717, 1.165) is 18.0 Å². The molecule has 0 aliphatic carbocycles. The van der Waals surface area contributed by atoms with E-state index in [1.165, 1.54) is 0 Å². The van der Waals surface area contributed by atoms with Gasteiger partial charge in [0.1, 0.15) is 0 Å². The first-order valence-electron chi connectivity index (χ1n) is 6.04. The molecule has 0 unspecified atom stereocenters. The topological polar surface area (TPSA) is 60.2 Å². The van der Waals surface area contributed by atoms with E-state index in [1.807, 2.05) is 26.0 Å². The summed E-state index contributed by atoms with van der Waals surface area (Å²) in [4.78, 5) is 4.32. The van der Waals surface area contributed by atoms with Crippen molar-refractivity contribution in [2.24, 2.45) is 5.73 Å². The Hall–Kier alpha value is -1.29. The van der Waals surface area contributed by atoms with Crippen LogP contribution < -0.4 is 15.8 Å². The van der Waals surface area contributed by atoms with Crippen molar-refractivity contribution in [3.05, 3.63) is 18.3 Å². The van der Waals surface area contributed by atoms with Gasteiger partial charge in [-0.2, -0.15) is 0 Å². The number of anilines is 1. The average Bonchev–Trinajstić information content (AvgIpc) is 2.19. The smallest absolute Gasteiger partial charge is 0.169 e. The molecule has 0 amide bonds. The predicted octanol–water partition coefficient (Wildman–Crippen LogP) is 2.41. The molecule has 0 radical (unpaired) electrons. The molecule has 4 nitrogen and oxygen atoms in total. The van der Waals surface area contributed by atoms with Crippen LogP contribution in [0.4, 0.5) is 5.82 Å². The van der Waals surface area contributed by atoms with Gasteiger partial charge in [-0.1, -0.05) is 0 Å². The maximum Gasteiger partial charge on any atom is 0.169 e. The standard InChI is InChI=1S/C13H23N3O/c1-10(2)17-11-6-5-9-15-12(11)16-13(3,4)7-8-14/h5-6,9-10H,7-8,14H2,1-4H3,(H,15,16). The molecule has 17 heavy (non-hydrogen) atoms. The minimum atomic E-state index is -0.0851. The van der Waals surface area contributed by atoms with E-state index in [0.29, 0.717) is 6.54 Å². The fraction of sp³-hybridized carbons (Fsp3) is 0.615. The largest absolute Gasteiger partial charge is 0.487 e. The number of nitrogens with two attached hydrogens (primary N) is 1. The summed E-state index contributed by atoms with van der Waals surface area (Å²) in [5.74, 6) is 1.56. The number of pyridine rings is 1. The van der Waals surface area contributed by atoms with Crippen LogP contribution in [-0.2, 0) is 0 Å². The van der Waals surface area contributed by atoms with Crippen LogP contribution in [0.1, 0.15) is 34.1 Å². The molecule has 0 spiro atoms. The Labute approximate surface area is 104 Å². The predicted molar refractivity (Wildman–Crippen MR) is 71.4 cm³/mol. The van der Waals surface area contributed by atoms with Gasteiger partial charge in [0.25, 0.3) is 0 Å². The fourth-order valence-electron chi connectivity index (χ4n) is 1.58. The zero-order valence-electron chi connectivity index (χ0n) is 11.2. The van der Waals surface area contributed by atoms with E-state index in [2.05, 4.69) is 24.1 Å². The van der Waals surface area contributed by atoms with Crippen LogP contribution in [0.3, 0.4) is 0 Å². The zero-order valence-corrected chi connectivity index (χ0v) is 11.2. The first-order valence-corrected chi connectivity index (χ1v) is 6.04. The fourth-order valence-corrected chi connectivity index (χ4v) is 1.58. The van der Waals surface area contributed by atoms with Gasteiger partial charge < -0.3 is 15.8 Å². The summed E-state index contributed by atoms with van der Waals surface area (Å²) in [6.45, 7) is 8.86. The Kier molecular flexibility index (Phi) is 4.75. The Balaban J connectivity index is 2.82. The number of aromatic nitrogens is 1. The second kappa shape index (κ2) is 5.87. The summed E-state index contributed by atoms with van der Waals surface area (Å²) in [5.41, 5.74) is 5.51. The molecule has 1 heterocycles. The van der Waals surface area contributed by atoms with Crippen LogP contribution in [0.15, 0.2) is 18.3 Å². The van der Waals surface area contributed by atoms with Gasteiger partial charge >= 0.3 is 0 Å². The first kappa shape index (κ1) is 13.8. The summed E-state index contributed by atoms with van der Waals surface area (Å²) in [6, 6.07) is 3.80. The molecule has 0 saturated heterocycles. The van der Waals surface area contributed by atoms with Crippen LogP contribution in [0.2, 0.25) is 0 Å². The zero-order chi connectivity index (χ0) is 12.9. The van der Waals surface area contributed by atoms with E-state index >= 15 is 0 Å². The molecule has 0 atom stereocenters. The maximum absolute atomic E-state index is 5.71. The third kappa shape index (κ3) is 4.61. The Morgan fingerprint density at radius 2 is 2.18 bits per heavy atom. The van der Waals surface area contributed by atoms with Crippen molar-refractivity contribution in [3.63, 3.8) is 0 Å². The molecule has 0 saturated carbocycles. The van der Waals surface area contributed by atoms with Gasteiger partial charge in [-0.15, -0.1) is 0 Å². The minimum absolute atomic E-state index is 0.0851. The van der Waals surface area contributed by atoms with E-state index in [-0.39, 0.29) is 11.6 Å². The molecule has 3 N–H and O–H groups in total. The molecule has 0 bridgehead atoms. The van der Waals surface area contributed by atoms with E-state index in [9.17, 15) is 0 Å². The second-order valence-corrected chi connectivity index (χ2v) is 5.06. The number of ether oxygens (including phenoxy) is 1. The summed E-state index contributed by atoms with van der Waals surface area (Å²) < 4.78 is 5.71. The highest BCUT2D eigenvalue weighted by Gasteiger charge is 2.19. The van der Waals surface area contributed by atoms with Crippen molar-refractivity contribution >= 4 is 5.82 Å². The van der Waals surface area contributed by atoms with Crippen molar-refractivity contribution in [1.29, 1.82) is 0 Å². The monoisotopic (exact) mass is 237 g/mol. The molecule has 96 valence electrons. The van der Waals surface area contributed by atoms with Crippen molar-refractivity contribution < 1.29 is 4.74 Å². The maximum atomic E-state index is 5.71. The molecule has 0 aromatic carbocycles. The first-order chi connectivity index (χ1) is 7.94. The van der Waals surface area contributed by atoms with Gasteiger partial charge in [0.2, 0.25) is 0 Å². The van der Waals surface area contributed by atoms with Gasteiger partial charge in [0, 0.05) is 11.7 Å². The van der Waals surface area contributed by atoms with Gasteiger partial charge in [0.05, 0.1) is 6.10 Å². The number of nitrogens with one attached hydrogen (secondary N) is 1. The molecule has 1 rings (SSSR count). The summed E-state index contributed by atoms with van der Waals surface area (Å²) in [6.07, 6.45) is 2.77. The number of nitrogens with zero attached hydrogens (tertiary/aromatic N) is 1. The van der Waals surface area contributed by atoms with Gasteiger partial charge in [0.15, 0.2) is 11.6 Å². The van der Waals surface area contributed by atoms with Crippen molar-refractivity contribution in [2.45, 2.75) is 45.8 Å². The highest BCUT2D eigenvalue weighted by molar-refractivity contribution is 5.51. The van der Waals surface area contributed by atoms with Crippen molar-refractivity contribution in [2.75, 3.05) is 11.9 Å². The molecule has 1 aromatic heterocycles. The SMILES string of the molecule is CC(C)Oc1cccnc1NC(C)(C)CCN. The van der Waals surface area contributed by atoms with Gasteiger partial charge in [-0.25, -0.2) is 4.98 Å². The van der Waals surface area contributed by atoms with Crippen LogP contribution in [0, 0.1) is 0 Å². The van der Waals surface area contributed by atoms with Crippen molar-refractivity contribution in [1.82, 2.24) is 4.98 Å². The van der Waals surface area contributed by atoms with E-state index < -0.39 is 0 Å². The summed E-state index contributed by atoms with van der Waals surface area (Å²) in [5, 5.41) is 3.38. The molecular formula is C13H23N3O. The number of hydrogen-bond donors (Lipinski definition) is 2. The summed E-state index contributed by atoms with van der Waals surface area (Å²) in [7, 11) is 0. The van der Waals surface area contributed by atoms with E-state index in [1.54, 1.807) is 6.20 Å². The number of hydrogen-bond acceptors (Lipinski definition) is 4. The Bertz CT molecular complexity index is 350. The minimum Gasteiger partial charge on any atom is -0.487 e. The molecule has 4 heteroatoms. The molecular weight excluding hydrogens is 214 g/mol. The second-order valence-electron chi connectivity index (χ2n) is 5.06. The lowest BCUT2D eigenvalue weighted by Gasteiger charge is -2.27. The lowest BCUT2D eigenvalue weighted by atomic mass is 10.0. The lowest BCUT2D eigenvalue weighted by molar-refractivity contribution is 0.242. The third-order valence-electron chi connectivity index (χ3n) is 2.36. The van der Waals surface area contributed by atoms with Crippen LogP contribution in [0.5, 0.6) is 5.75 Å². The Morgan fingerprint density at radius 1 is 1.47 bits per heavy atom.